The van der Waals surface area contributed by atoms with Crippen LogP contribution >= 0.6 is 11.6 Å². The molecule has 0 unspecified atom stereocenters. The fourth-order valence-electron chi connectivity index (χ4n) is 4.39. The standard InChI is InChI=1S/C23H21ClN4O2/c1-13-9-14(2)26-23(25-13)28-22(15-5-3-6-17(24)10-15)21-18(27-28)11-16(12-19(21)29)20-7-4-8-30-20/h3-10,16,22,27H,11-12H2,1-2H3/t16-,22-/m1/s1. The summed E-state index contributed by atoms with van der Waals surface area (Å²) in [5, 5.41) is 2.51. The first kappa shape index (κ1) is 18.9. The van der Waals surface area contributed by atoms with Gasteiger partial charge in [0.2, 0.25) is 5.95 Å². The predicted octanol–water partition coefficient (Wildman–Crippen LogP) is 4.81. The van der Waals surface area contributed by atoms with Gasteiger partial charge in [-0.2, -0.15) is 0 Å². The molecular weight excluding hydrogens is 400 g/mol. The second-order valence-electron chi connectivity index (χ2n) is 7.83. The second-order valence-corrected chi connectivity index (χ2v) is 8.26. The van der Waals surface area contributed by atoms with Crippen LogP contribution in [0.5, 0.6) is 0 Å². The summed E-state index contributed by atoms with van der Waals surface area (Å²) in [5.41, 5.74) is 7.74. The smallest absolute Gasteiger partial charge is 0.245 e. The second kappa shape index (κ2) is 7.29. The van der Waals surface area contributed by atoms with Crippen LogP contribution in [0.25, 0.3) is 0 Å². The molecule has 1 aliphatic carbocycles. The van der Waals surface area contributed by atoms with Gasteiger partial charge >= 0.3 is 0 Å². The lowest BCUT2D eigenvalue weighted by Crippen LogP contribution is -2.36. The maximum absolute atomic E-state index is 13.3. The Kier molecular flexibility index (Phi) is 4.59. The molecule has 30 heavy (non-hydrogen) atoms. The Bertz CT molecular complexity index is 1140. The number of hydrazine groups is 1. The molecule has 1 aliphatic heterocycles. The number of halogens is 1. The number of Topliss-reactive ketones (excluding diaryl/α,β-unsaturated/α-hetero) is 1. The molecule has 0 bridgehead atoms. The first-order chi connectivity index (χ1) is 14.5. The summed E-state index contributed by atoms with van der Waals surface area (Å²) in [5.74, 6) is 1.48. The van der Waals surface area contributed by atoms with Crippen molar-refractivity contribution in [2.75, 3.05) is 5.01 Å². The van der Waals surface area contributed by atoms with Gasteiger partial charge in [-0.05, 0) is 56.2 Å². The number of ketones is 1. The van der Waals surface area contributed by atoms with E-state index in [0.717, 1.165) is 34.0 Å². The van der Waals surface area contributed by atoms with Gasteiger partial charge < -0.3 is 4.42 Å². The van der Waals surface area contributed by atoms with Gasteiger partial charge in [-0.3, -0.25) is 10.2 Å². The molecule has 5 rings (SSSR count). The molecule has 0 amide bonds. The average molecular weight is 421 g/mol. The van der Waals surface area contributed by atoms with Crippen molar-refractivity contribution in [2.24, 2.45) is 0 Å². The molecule has 1 N–H and O–H groups in total. The minimum atomic E-state index is -0.343. The number of furan rings is 1. The van der Waals surface area contributed by atoms with E-state index in [1.165, 1.54) is 0 Å². The zero-order valence-corrected chi connectivity index (χ0v) is 17.5. The van der Waals surface area contributed by atoms with Crippen molar-refractivity contribution in [1.29, 1.82) is 0 Å². The fourth-order valence-corrected chi connectivity index (χ4v) is 4.59. The number of aromatic nitrogens is 2. The van der Waals surface area contributed by atoms with Crippen LogP contribution < -0.4 is 10.4 Å². The number of allylic oxidation sites excluding steroid dienone is 1. The number of benzene rings is 1. The molecule has 152 valence electrons. The maximum Gasteiger partial charge on any atom is 0.245 e. The molecule has 7 heteroatoms. The predicted molar refractivity (Wildman–Crippen MR) is 114 cm³/mol. The Hall–Kier alpha value is -3.12. The third-order valence-electron chi connectivity index (χ3n) is 5.59. The molecule has 2 aliphatic rings. The van der Waals surface area contributed by atoms with Gasteiger partial charge in [-0.15, -0.1) is 0 Å². The van der Waals surface area contributed by atoms with E-state index in [1.807, 2.05) is 61.3 Å². The zero-order valence-electron chi connectivity index (χ0n) is 16.7. The molecule has 0 spiro atoms. The highest BCUT2D eigenvalue weighted by atomic mass is 35.5. The number of hydrogen-bond acceptors (Lipinski definition) is 6. The minimum absolute atomic E-state index is 0.0128. The molecule has 0 fully saturated rings. The summed E-state index contributed by atoms with van der Waals surface area (Å²) >= 11 is 6.29. The number of hydrogen-bond donors (Lipinski definition) is 1. The van der Waals surface area contributed by atoms with Crippen LogP contribution in [0.3, 0.4) is 0 Å². The van der Waals surface area contributed by atoms with Crippen LogP contribution in [0, 0.1) is 13.8 Å². The Morgan fingerprint density at radius 1 is 1.10 bits per heavy atom. The zero-order chi connectivity index (χ0) is 20.8. The Morgan fingerprint density at radius 2 is 1.90 bits per heavy atom. The van der Waals surface area contributed by atoms with Gasteiger partial charge in [0.05, 0.1) is 6.26 Å². The number of anilines is 1. The molecule has 0 saturated heterocycles. The summed E-state index contributed by atoms with van der Waals surface area (Å²) in [4.78, 5) is 22.6. The van der Waals surface area contributed by atoms with E-state index in [9.17, 15) is 4.79 Å². The van der Waals surface area contributed by atoms with Gasteiger partial charge in [-0.25, -0.2) is 15.0 Å². The number of rotatable bonds is 3. The molecule has 1 aromatic carbocycles. The number of nitrogens with zero attached hydrogens (tertiary/aromatic N) is 3. The third-order valence-corrected chi connectivity index (χ3v) is 5.83. The maximum atomic E-state index is 13.3. The van der Waals surface area contributed by atoms with Crippen molar-refractivity contribution in [2.45, 2.75) is 38.6 Å². The van der Waals surface area contributed by atoms with E-state index in [1.54, 1.807) is 6.26 Å². The summed E-state index contributed by atoms with van der Waals surface area (Å²) in [6.07, 6.45) is 2.75. The molecule has 0 radical (unpaired) electrons. The monoisotopic (exact) mass is 420 g/mol. The lowest BCUT2D eigenvalue weighted by molar-refractivity contribution is -0.116. The highest BCUT2D eigenvalue weighted by Crippen LogP contribution is 2.45. The Balaban J connectivity index is 1.60. The molecule has 3 aromatic rings. The Morgan fingerprint density at radius 3 is 2.60 bits per heavy atom. The average Bonchev–Trinajstić information content (AvgIpc) is 3.35. The van der Waals surface area contributed by atoms with E-state index in [2.05, 4.69) is 15.4 Å². The first-order valence-corrected chi connectivity index (χ1v) is 10.3. The number of nitrogens with one attached hydrogen (secondary N) is 1. The van der Waals surface area contributed by atoms with E-state index in [0.29, 0.717) is 23.8 Å². The van der Waals surface area contributed by atoms with E-state index in [4.69, 9.17) is 16.0 Å². The number of aryl methyl sites for hydroxylation is 2. The molecule has 3 heterocycles. The summed E-state index contributed by atoms with van der Waals surface area (Å²) in [6, 6.07) is 13.0. The van der Waals surface area contributed by atoms with Crippen molar-refractivity contribution >= 4 is 23.3 Å². The molecule has 2 aromatic heterocycles. The van der Waals surface area contributed by atoms with Crippen LogP contribution in [-0.2, 0) is 4.79 Å². The topological polar surface area (TPSA) is 71.3 Å². The summed E-state index contributed by atoms with van der Waals surface area (Å²) in [6.45, 7) is 3.88. The minimum Gasteiger partial charge on any atom is -0.469 e. The largest absolute Gasteiger partial charge is 0.469 e. The normalized spacial score (nSPS) is 21.0. The summed E-state index contributed by atoms with van der Waals surface area (Å²) in [7, 11) is 0. The fraction of sp³-hybridized carbons (Fsp3) is 0.261. The third kappa shape index (κ3) is 3.27. The number of carbonyl (C=O) groups excluding carboxylic acids is 1. The molecular formula is C23H21ClN4O2. The van der Waals surface area contributed by atoms with Gasteiger partial charge in [0, 0.05) is 40.0 Å². The van der Waals surface area contributed by atoms with Crippen molar-refractivity contribution in [1.82, 2.24) is 15.4 Å². The van der Waals surface area contributed by atoms with Crippen LogP contribution in [0.2, 0.25) is 5.02 Å². The van der Waals surface area contributed by atoms with Crippen LogP contribution in [-0.4, -0.2) is 15.8 Å². The highest BCUT2D eigenvalue weighted by molar-refractivity contribution is 6.30. The number of carbonyl (C=O) groups is 1. The lowest BCUT2D eigenvalue weighted by atomic mass is 9.81. The van der Waals surface area contributed by atoms with E-state index >= 15 is 0 Å². The van der Waals surface area contributed by atoms with Crippen LogP contribution in [0.1, 0.15) is 47.5 Å². The molecule has 2 atom stereocenters. The van der Waals surface area contributed by atoms with Gasteiger partial charge in [0.15, 0.2) is 5.78 Å². The van der Waals surface area contributed by atoms with E-state index < -0.39 is 0 Å². The molecule has 0 saturated carbocycles. The van der Waals surface area contributed by atoms with E-state index in [-0.39, 0.29) is 17.7 Å². The summed E-state index contributed by atoms with van der Waals surface area (Å²) < 4.78 is 5.58. The van der Waals surface area contributed by atoms with Gasteiger partial charge in [0.1, 0.15) is 11.8 Å². The van der Waals surface area contributed by atoms with Crippen LogP contribution in [0.4, 0.5) is 5.95 Å². The SMILES string of the molecule is Cc1cc(C)nc(N2NC3=C(C(=O)C[C@H](c4ccco4)C3)[C@H]2c2cccc(Cl)c2)n1. The van der Waals surface area contributed by atoms with Crippen molar-refractivity contribution in [3.8, 4) is 0 Å². The van der Waals surface area contributed by atoms with Crippen molar-refractivity contribution in [3.05, 3.63) is 87.7 Å². The quantitative estimate of drug-likeness (QED) is 0.655. The molecule has 6 nitrogen and oxygen atoms in total. The highest BCUT2D eigenvalue weighted by Gasteiger charge is 2.43. The van der Waals surface area contributed by atoms with Crippen molar-refractivity contribution in [3.63, 3.8) is 0 Å². The van der Waals surface area contributed by atoms with Crippen molar-refractivity contribution < 1.29 is 9.21 Å². The Labute approximate surface area is 179 Å². The first-order valence-electron chi connectivity index (χ1n) is 9.93. The lowest BCUT2D eigenvalue weighted by Gasteiger charge is -2.27. The van der Waals surface area contributed by atoms with Crippen LogP contribution in [0.15, 0.2) is 64.4 Å². The van der Waals surface area contributed by atoms with Gasteiger partial charge in [-0.1, -0.05) is 23.7 Å². The van der Waals surface area contributed by atoms with Gasteiger partial charge in [0.25, 0.3) is 0 Å².